The molecule has 0 bridgehead atoms. The highest BCUT2D eigenvalue weighted by atomic mass is 16.3. The molecule has 0 saturated heterocycles. The molecule has 0 aliphatic heterocycles. The van der Waals surface area contributed by atoms with Crippen molar-refractivity contribution in [3.05, 3.63) is 119 Å². The van der Waals surface area contributed by atoms with Gasteiger partial charge in [-0.05, 0) is 46.5 Å². The van der Waals surface area contributed by atoms with Gasteiger partial charge in [-0.3, -0.25) is 0 Å². The highest BCUT2D eigenvalue weighted by Crippen LogP contribution is 2.37. The molecule has 2 aromatic heterocycles. The van der Waals surface area contributed by atoms with E-state index >= 15 is 0 Å². The monoisotopic (exact) mass is 461 g/mol. The lowest BCUT2D eigenvalue weighted by Crippen LogP contribution is -2.24. The summed E-state index contributed by atoms with van der Waals surface area (Å²) in [5.41, 5.74) is 8.11. The standard InChI is InChI=1S/C34H23NO/c1-2-10-25-21(7-1)16-18-30-33(25)29-13-6-12-26(34(29)35-30)24-9-5-8-22(19-24)23-15-17-28-27-11-3-4-14-31(27)36-32(28)20-23/h1-14,16-20,23,35H,15H2. The zero-order chi connectivity index (χ0) is 23.6. The number of hydrogen-bond acceptors (Lipinski definition) is 1. The normalized spacial score (nSPS) is 15.3. The molecule has 170 valence electrons. The summed E-state index contributed by atoms with van der Waals surface area (Å²) >= 11 is 0. The molecule has 1 N–H and O–H groups in total. The van der Waals surface area contributed by atoms with Crippen molar-refractivity contribution in [3.8, 4) is 11.1 Å². The van der Waals surface area contributed by atoms with Crippen LogP contribution in [0, 0.1) is 0 Å². The fourth-order valence-electron chi connectivity index (χ4n) is 6.02. The molecule has 0 spiro atoms. The summed E-state index contributed by atoms with van der Waals surface area (Å²) in [7, 11) is 0. The van der Waals surface area contributed by atoms with Crippen molar-refractivity contribution in [3.63, 3.8) is 0 Å². The molecular formula is C34H23NO. The number of fused-ring (bicyclic) bond motifs is 8. The number of para-hydroxylation sites is 2. The molecule has 0 amide bonds. The molecule has 5 aromatic carbocycles. The quantitative estimate of drug-likeness (QED) is 0.282. The lowest BCUT2D eigenvalue weighted by molar-refractivity contribution is 0.569. The Kier molecular flexibility index (Phi) is 4.09. The third-order valence-corrected chi connectivity index (χ3v) is 7.74. The van der Waals surface area contributed by atoms with Crippen LogP contribution in [0.15, 0.2) is 108 Å². The Morgan fingerprint density at radius 3 is 2.53 bits per heavy atom. The number of rotatable bonds is 2. The van der Waals surface area contributed by atoms with Crippen LogP contribution in [0.1, 0.15) is 17.9 Å². The van der Waals surface area contributed by atoms with Crippen molar-refractivity contribution in [2.75, 3.05) is 0 Å². The Morgan fingerprint density at radius 1 is 0.722 bits per heavy atom. The van der Waals surface area contributed by atoms with Gasteiger partial charge in [0.05, 0.1) is 5.52 Å². The van der Waals surface area contributed by atoms with Crippen LogP contribution in [0.5, 0.6) is 0 Å². The first-order valence-corrected chi connectivity index (χ1v) is 12.6. The van der Waals surface area contributed by atoms with Gasteiger partial charge in [-0.2, -0.15) is 0 Å². The van der Waals surface area contributed by atoms with Gasteiger partial charge in [-0.25, -0.2) is 0 Å². The summed E-state index contributed by atoms with van der Waals surface area (Å²) in [4.78, 5) is 3.74. The van der Waals surface area contributed by atoms with Crippen LogP contribution >= 0.6 is 0 Å². The molecule has 1 aliphatic carbocycles. The molecule has 8 rings (SSSR count). The Morgan fingerprint density at radius 2 is 1.56 bits per heavy atom. The minimum Gasteiger partial charge on any atom is -0.456 e. The van der Waals surface area contributed by atoms with Gasteiger partial charge in [0.1, 0.15) is 11.0 Å². The van der Waals surface area contributed by atoms with Crippen molar-refractivity contribution in [2.45, 2.75) is 12.3 Å². The third-order valence-electron chi connectivity index (χ3n) is 7.74. The van der Waals surface area contributed by atoms with Gasteiger partial charge in [0.15, 0.2) is 0 Å². The number of aromatic amines is 1. The van der Waals surface area contributed by atoms with Crippen LogP contribution in [0.25, 0.3) is 66.8 Å². The first-order valence-electron chi connectivity index (χ1n) is 12.6. The summed E-state index contributed by atoms with van der Waals surface area (Å²) in [5.74, 6) is 0.295. The molecule has 0 fully saturated rings. The van der Waals surface area contributed by atoms with Crippen LogP contribution in [-0.2, 0) is 0 Å². The maximum atomic E-state index is 6.19. The average Bonchev–Trinajstić information content (AvgIpc) is 3.51. The van der Waals surface area contributed by atoms with Crippen LogP contribution < -0.4 is 10.6 Å². The first kappa shape index (κ1) is 19.7. The molecule has 2 heteroatoms. The van der Waals surface area contributed by atoms with E-state index in [9.17, 15) is 0 Å². The second-order valence-corrected chi connectivity index (χ2v) is 9.78. The van der Waals surface area contributed by atoms with E-state index in [0.717, 1.165) is 17.4 Å². The number of H-pyrrole nitrogens is 1. The molecule has 2 nitrogen and oxygen atoms in total. The van der Waals surface area contributed by atoms with Gasteiger partial charge in [0.2, 0.25) is 0 Å². The second kappa shape index (κ2) is 7.47. The molecule has 1 atom stereocenters. The third kappa shape index (κ3) is 2.85. The van der Waals surface area contributed by atoms with Gasteiger partial charge in [-0.1, -0.05) is 97.1 Å². The maximum Gasteiger partial charge on any atom is 0.135 e. The largest absolute Gasteiger partial charge is 0.456 e. The van der Waals surface area contributed by atoms with Gasteiger partial charge in [0.25, 0.3) is 0 Å². The zero-order valence-corrected chi connectivity index (χ0v) is 19.7. The maximum absolute atomic E-state index is 6.19. The Labute approximate surface area is 207 Å². The number of nitrogens with one attached hydrogen (secondary N) is 1. The van der Waals surface area contributed by atoms with Crippen LogP contribution in [0.4, 0.5) is 0 Å². The Balaban J connectivity index is 1.28. The van der Waals surface area contributed by atoms with E-state index in [4.69, 9.17) is 4.42 Å². The van der Waals surface area contributed by atoms with E-state index in [1.54, 1.807) is 0 Å². The minimum atomic E-state index is 0.295. The van der Waals surface area contributed by atoms with E-state index in [0.29, 0.717) is 5.92 Å². The van der Waals surface area contributed by atoms with E-state index in [2.05, 4.69) is 114 Å². The van der Waals surface area contributed by atoms with Crippen LogP contribution in [0.3, 0.4) is 0 Å². The molecule has 36 heavy (non-hydrogen) atoms. The minimum absolute atomic E-state index is 0.295. The smallest absolute Gasteiger partial charge is 0.135 e. The van der Waals surface area contributed by atoms with Gasteiger partial charge in [-0.15, -0.1) is 0 Å². The van der Waals surface area contributed by atoms with E-state index < -0.39 is 0 Å². The van der Waals surface area contributed by atoms with Gasteiger partial charge < -0.3 is 9.40 Å². The number of hydrogen-bond donors (Lipinski definition) is 1. The molecule has 7 aromatic rings. The van der Waals surface area contributed by atoms with E-state index in [1.165, 1.54) is 59.9 Å². The van der Waals surface area contributed by atoms with E-state index in [1.807, 2.05) is 6.07 Å². The molecular weight excluding hydrogens is 438 g/mol. The van der Waals surface area contributed by atoms with Gasteiger partial charge >= 0.3 is 0 Å². The average molecular weight is 462 g/mol. The highest BCUT2D eigenvalue weighted by Gasteiger charge is 2.16. The van der Waals surface area contributed by atoms with Gasteiger partial charge in [0, 0.05) is 38.4 Å². The fourth-order valence-corrected chi connectivity index (χ4v) is 6.02. The lowest BCUT2D eigenvalue weighted by Gasteiger charge is -2.14. The number of furan rings is 1. The van der Waals surface area contributed by atoms with Crippen LogP contribution in [0.2, 0.25) is 0 Å². The molecule has 0 radical (unpaired) electrons. The van der Waals surface area contributed by atoms with Crippen LogP contribution in [-0.4, -0.2) is 4.98 Å². The van der Waals surface area contributed by atoms with Crippen molar-refractivity contribution in [1.29, 1.82) is 0 Å². The van der Waals surface area contributed by atoms with Crippen molar-refractivity contribution >= 4 is 55.7 Å². The first-order chi connectivity index (χ1) is 17.8. The fraction of sp³-hybridized carbons (Fsp3) is 0.0588. The molecule has 1 unspecified atom stereocenters. The summed E-state index contributed by atoms with van der Waals surface area (Å²) in [6.07, 6.45) is 5.61. The second-order valence-electron chi connectivity index (χ2n) is 9.78. The highest BCUT2D eigenvalue weighted by molar-refractivity contribution is 6.22. The summed E-state index contributed by atoms with van der Waals surface area (Å²) in [5, 5.41) is 7.57. The zero-order valence-electron chi connectivity index (χ0n) is 19.7. The molecule has 2 heterocycles. The number of benzene rings is 5. The Bertz CT molecular complexity index is 2090. The Hall–Kier alpha value is -4.56. The van der Waals surface area contributed by atoms with Crippen molar-refractivity contribution in [1.82, 2.24) is 4.98 Å². The topological polar surface area (TPSA) is 28.9 Å². The SMILES string of the molecule is C1=c2oc3ccccc3c2=CCC1c1cccc(-c2cccc3c2[nH]c2ccc4ccccc4c23)c1. The summed E-state index contributed by atoms with van der Waals surface area (Å²) < 4.78 is 6.19. The van der Waals surface area contributed by atoms with E-state index in [-0.39, 0.29) is 0 Å². The summed E-state index contributed by atoms with van der Waals surface area (Å²) in [6.45, 7) is 0. The van der Waals surface area contributed by atoms with Crippen molar-refractivity contribution in [2.24, 2.45) is 0 Å². The predicted molar refractivity (Wildman–Crippen MR) is 150 cm³/mol. The lowest BCUT2D eigenvalue weighted by atomic mass is 9.89. The predicted octanol–water partition coefficient (Wildman–Crippen LogP) is 7.64. The number of aromatic nitrogens is 1. The van der Waals surface area contributed by atoms with Crippen molar-refractivity contribution < 1.29 is 4.42 Å². The summed E-state index contributed by atoms with van der Waals surface area (Å²) in [6, 6.07) is 37.0. The molecule has 1 aliphatic rings. The molecule has 0 saturated carbocycles.